The van der Waals surface area contributed by atoms with E-state index < -0.39 is 17.4 Å². The van der Waals surface area contributed by atoms with Crippen molar-refractivity contribution in [2.24, 2.45) is 11.8 Å². The van der Waals surface area contributed by atoms with Gasteiger partial charge in [-0.25, -0.2) is 4.90 Å². The first-order chi connectivity index (χ1) is 15.9. The van der Waals surface area contributed by atoms with Gasteiger partial charge in [0.2, 0.25) is 17.4 Å². The van der Waals surface area contributed by atoms with Crippen LogP contribution in [0.5, 0.6) is 0 Å². The Morgan fingerprint density at radius 1 is 1.06 bits per heavy atom. The average Bonchev–Trinajstić information content (AvgIpc) is 3.51. The molecule has 1 spiro atoms. The Bertz CT molecular complexity index is 1220. The predicted octanol–water partition coefficient (Wildman–Crippen LogP) is 1.32. The van der Waals surface area contributed by atoms with Gasteiger partial charge in [-0.3, -0.25) is 19.2 Å². The molecule has 0 bridgehead atoms. The van der Waals surface area contributed by atoms with E-state index in [1.54, 1.807) is 29.2 Å². The Morgan fingerprint density at radius 2 is 1.79 bits per heavy atom. The lowest BCUT2D eigenvalue weighted by Gasteiger charge is -2.34. The number of likely N-dealkylation sites (N-methyl/N-ethyl adjacent to an activating group) is 1. The molecule has 1 N–H and O–H groups in total. The number of Topliss-reactive ketones (excluding diaryl/α,β-unsaturated/α-hetero) is 1. The number of benzene rings is 2. The van der Waals surface area contributed by atoms with Crippen LogP contribution >= 0.6 is 0 Å². The highest BCUT2D eigenvalue weighted by Gasteiger charge is 2.79. The van der Waals surface area contributed by atoms with Gasteiger partial charge >= 0.3 is 0 Å². The summed E-state index contributed by atoms with van der Waals surface area (Å²) in [6, 6.07) is 14.3. The number of rotatable bonds is 3. The van der Waals surface area contributed by atoms with Crippen LogP contribution in [0.1, 0.15) is 42.6 Å². The first-order valence-electron chi connectivity index (χ1n) is 11.7. The molecule has 1 unspecified atom stereocenters. The van der Waals surface area contributed by atoms with Crippen LogP contribution in [0, 0.1) is 11.8 Å². The number of anilines is 2. The maximum atomic E-state index is 14.1. The highest BCUT2D eigenvalue weighted by Crippen LogP contribution is 2.53. The molecular formula is C26H26N3O4+. The Kier molecular flexibility index (Phi) is 4.21. The number of amides is 3. The van der Waals surface area contributed by atoms with Crippen LogP contribution in [0.25, 0.3) is 0 Å². The van der Waals surface area contributed by atoms with E-state index in [0.29, 0.717) is 17.8 Å². The van der Waals surface area contributed by atoms with Crippen molar-refractivity contribution in [1.29, 1.82) is 0 Å². The van der Waals surface area contributed by atoms with Gasteiger partial charge in [0.1, 0.15) is 17.9 Å². The summed E-state index contributed by atoms with van der Waals surface area (Å²) in [6.07, 6.45) is 1.76. The number of ketones is 1. The molecule has 7 heteroatoms. The molecule has 4 aliphatic heterocycles. The van der Waals surface area contributed by atoms with Gasteiger partial charge in [-0.05, 0) is 44.2 Å². The second kappa shape index (κ2) is 6.84. The molecule has 4 aliphatic rings. The second-order valence-corrected chi connectivity index (χ2v) is 9.52. The second-order valence-electron chi connectivity index (χ2n) is 9.52. The molecule has 33 heavy (non-hydrogen) atoms. The molecule has 4 heterocycles. The number of hydrogen-bond donors (Lipinski definition) is 1. The van der Waals surface area contributed by atoms with E-state index in [1.165, 1.54) is 11.8 Å². The zero-order chi connectivity index (χ0) is 23.1. The number of fused-ring (bicyclic) bond motifs is 7. The minimum absolute atomic E-state index is 0.0539. The molecule has 6 rings (SSSR count). The van der Waals surface area contributed by atoms with Crippen LogP contribution in [0.2, 0.25) is 0 Å². The number of para-hydroxylation sites is 1. The van der Waals surface area contributed by atoms with E-state index >= 15 is 0 Å². The summed E-state index contributed by atoms with van der Waals surface area (Å²) >= 11 is 0. The molecule has 0 radical (unpaired) electrons. The summed E-state index contributed by atoms with van der Waals surface area (Å²) in [5, 5.41) is 0. The summed E-state index contributed by atoms with van der Waals surface area (Å²) < 4.78 is 0. The van der Waals surface area contributed by atoms with Crippen molar-refractivity contribution in [2.45, 2.75) is 38.3 Å². The summed E-state index contributed by atoms with van der Waals surface area (Å²) in [5.41, 5.74) is 1.67. The molecule has 0 aromatic heterocycles. The van der Waals surface area contributed by atoms with E-state index in [2.05, 4.69) is 0 Å². The number of carbonyl (C=O) groups is 4. The fraction of sp³-hybridized carbons (Fsp3) is 0.385. The number of imide groups is 1. The molecule has 3 amide bonds. The molecule has 168 valence electrons. The Balaban J connectivity index is 1.52. The van der Waals surface area contributed by atoms with Gasteiger partial charge in [0.15, 0.2) is 5.78 Å². The Labute approximate surface area is 191 Å². The molecule has 3 saturated heterocycles. The van der Waals surface area contributed by atoms with Crippen molar-refractivity contribution in [3.8, 4) is 0 Å². The van der Waals surface area contributed by atoms with E-state index in [4.69, 9.17) is 0 Å². The topological polar surface area (TPSA) is 79.2 Å². The maximum absolute atomic E-state index is 14.1. The van der Waals surface area contributed by atoms with Crippen molar-refractivity contribution >= 4 is 34.9 Å². The van der Waals surface area contributed by atoms with Gasteiger partial charge in [0.05, 0.1) is 17.9 Å². The largest absolute Gasteiger partial charge is 0.315 e. The summed E-state index contributed by atoms with van der Waals surface area (Å²) in [4.78, 5) is 57.7. The van der Waals surface area contributed by atoms with Crippen molar-refractivity contribution in [2.75, 3.05) is 22.9 Å². The van der Waals surface area contributed by atoms with E-state index in [9.17, 15) is 19.2 Å². The van der Waals surface area contributed by atoms with E-state index in [1.807, 2.05) is 31.2 Å². The number of quaternary nitrogens is 1. The smallest absolute Gasteiger partial charge is 0.294 e. The van der Waals surface area contributed by atoms with Crippen LogP contribution < -0.4 is 14.7 Å². The van der Waals surface area contributed by atoms with E-state index in [-0.39, 0.29) is 29.5 Å². The normalized spacial score (nSPS) is 32.0. The zero-order valence-corrected chi connectivity index (χ0v) is 18.7. The predicted molar refractivity (Wildman–Crippen MR) is 121 cm³/mol. The third-order valence-corrected chi connectivity index (χ3v) is 8.22. The highest BCUT2D eigenvalue weighted by atomic mass is 16.2. The third-order valence-electron chi connectivity index (χ3n) is 8.22. The Hall–Kier alpha value is -3.32. The molecule has 5 atom stereocenters. The molecule has 0 aliphatic carbocycles. The lowest BCUT2D eigenvalue weighted by atomic mass is 9.75. The maximum Gasteiger partial charge on any atom is 0.294 e. The SMILES string of the molecule is CCN1C(=O)[C@@]2(c3ccccc31)[C@@H]1C(=O)N(c3ccc(C(C)=O)cc3)C(=O)[C@@H]1[C@@H]1CCC[NH+]12. The molecule has 2 aromatic rings. The lowest BCUT2D eigenvalue weighted by Crippen LogP contribution is -3.20. The molecule has 0 saturated carbocycles. The minimum Gasteiger partial charge on any atom is -0.315 e. The van der Waals surface area contributed by atoms with Crippen molar-refractivity contribution in [3.63, 3.8) is 0 Å². The first-order valence-corrected chi connectivity index (χ1v) is 11.7. The first kappa shape index (κ1) is 20.3. The van der Waals surface area contributed by atoms with Gasteiger partial charge in [0.25, 0.3) is 5.91 Å². The summed E-state index contributed by atoms with van der Waals surface area (Å²) in [6.45, 7) is 4.73. The van der Waals surface area contributed by atoms with Crippen LogP contribution in [-0.2, 0) is 19.9 Å². The van der Waals surface area contributed by atoms with Gasteiger partial charge in [-0.1, -0.05) is 18.2 Å². The fourth-order valence-electron chi connectivity index (χ4n) is 7.01. The lowest BCUT2D eigenvalue weighted by molar-refractivity contribution is -0.948. The number of carbonyl (C=O) groups excluding carboxylic acids is 4. The number of hydrogen-bond acceptors (Lipinski definition) is 4. The van der Waals surface area contributed by atoms with Crippen molar-refractivity contribution < 1.29 is 24.1 Å². The quantitative estimate of drug-likeness (QED) is 0.572. The van der Waals surface area contributed by atoms with Crippen LogP contribution in [-0.4, -0.2) is 42.6 Å². The van der Waals surface area contributed by atoms with Gasteiger partial charge < -0.3 is 9.80 Å². The number of nitrogens with one attached hydrogen (secondary N) is 1. The molecule has 3 fully saturated rings. The third kappa shape index (κ3) is 2.33. The minimum atomic E-state index is -1.06. The standard InChI is InChI=1S/C26H25N3O4/c1-3-27-19-8-5-4-7-18(19)26(25(27)33)22-21(20-9-6-14-28(20)26)23(31)29(24(22)32)17-12-10-16(11-13-17)15(2)30/h4-5,7-8,10-13,20-22H,3,6,9,14H2,1-2H3/p+1/t20-,21+,22-,26+/m0/s1. The Morgan fingerprint density at radius 3 is 2.48 bits per heavy atom. The summed E-state index contributed by atoms with van der Waals surface area (Å²) in [7, 11) is 0. The van der Waals surface area contributed by atoms with Crippen molar-refractivity contribution in [3.05, 3.63) is 59.7 Å². The zero-order valence-electron chi connectivity index (χ0n) is 18.7. The van der Waals surface area contributed by atoms with Crippen LogP contribution in [0.15, 0.2) is 48.5 Å². The molecule has 7 nitrogen and oxygen atoms in total. The van der Waals surface area contributed by atoms with Gasteiger partial charge in [0, 0.05) is 30.5 Å². The van der Waals surface area contributed by atoms with Gasteiger partial charge in [-0.2, -0.15) is 0 Å². The molecule has 2 aromatic carbocycles. The fourth-order valence-corrected chi connectivity index (χ4v) is 7.01. The van der Waals surface area contributed by atoms with Crippen molar-refractivity contribution in [1.82, 2.24) is 0 Å². The van der Waals surface area contributed by atoms with Crippen LogP contribution in [0.4, 0.5) is 11.4 Å². The van der Waals surface area contributed by atoms with E-state index in [0.717, 1.165) is 35.5 Å². The number of nitrogens with zero attached hydrogens (tertiary/aromatic N) is 2. The average molecular weight is 445 g/mol. The highest BCUT2D eigenvalue weighted by molar-refractivity contribution is 6.25. The molecular weight excluding hydrogens is 418 g/mol. The summed E-state index contributed by atoms with van der Waals surface area (Å²) in [5.74, 6) is -1.89. The van der Waals surface area contributed by atoms with Crippen LogP contribution in [0.3, 0.4) is 0 Å². The monoisotopic (exact) mass is 444 g/mol. The van der Waals surface area contributed by atoms with Gasteiger partial charge in [-0.15, -0.1) is 0 Å².